The Bertz CT molecular complexity index is 1180. The highest BCUT2D eigenvalue weighted by Gasteiger charge is 2.20. The van der Waals surface area contributed by atoms with Gasteiger partial charge in [-0.2, -0.15) is 0 Å². The lowest BCUT2D eigenvalue weighted by atomic mass is 10.0. The zero-order valence-corrected chi connectivity index (χ0v) is 49.1. The van der Waals surface area contributed by atoms with Gasteiger partial charge in [-0.1, -0.05) is 307 Å². The Morgan fingerprint density at radius 3 is 1.08 bits per heavy atom. The van der Waals surface area contributed by atoms with E-state index in [0.717, 1.165) is 51.4 Å². The number of hydrogen-bond donors (Lipinski definition) is 3. The Balaban J connectivity index is 3.45. The molecule has 430 valence electrons. The first-order valence-corrected chi connectivity index (χ1v) is 32.7. The van der Waals surface area contributed by atoms with Crippen LogP contribution in [0, 0.1) is 0 Å². The van der Waals surface area contributed by atoms with Gasteiger partial charge in [-0.3, -0.25) is 9.59 Å². The average Bonchev–Trinajstić information content (AvgIpc) is 3.39. The number of aliphatic hydroxyl groups excluding tert-OH is 2. The molecule has 2 atom stereocenters. The Hall–Kier alpha value is -1.92. The van der Waals surface area contributed by atoms with Crippen LogP contribution in [0.15, 0.2) is 36.5 Å². The second kappa shape index (κ2) is 62.6. The molecule has 0 aromatic rings. The van der Waals surface area contributed by atoms with Crippen molar-refractivity contribution in [2.45, 2.75) is 366 Å². The van der Waals surface area contributed by atoms with Crippen molar-refractivity contribution in [2.75, 3.05) is 13.2 Å². The van der Waals surface area contributed by atoms with Crippen LogP contribution in [0.5, 0.6) is 0 Å². The molecule has 0 radical (unpaired) electrons. The molecule has 0 rings (SSSR count). The highest BCUT2D eigenvalue weighted by atomic mass is 16.5. The normalized spacial score (nSPS) is 12.8. The molecule has 0 aliphatic heterocycles. The third kappa shape index (κ3) is 59.2. The lowest BCUT2D eigenvalue weighted by molar-refractivity contribution is -0.143. The van der Waals surface area contributed by atoms with Gasteiger partial charge in [0, 0.05) is 12.8 Å². The van der Waals surface area contributed by atoms with Crippen molar-refractivity contribution in [3.63, 3.8) is 0 Å². The van der Waals surface area contributed by atoms with Gasteiger partial charge in [-0.15, -0.1) is 0 Å². The van der Waals surface area contributed by atoms with E-state index in [4.69, 9.17) is 4.74 Å². The number of rotatable bonds is 61. The minimum absolute atomic E-state index is 0.0364. The van der Waals surface area contributed by atoms with Crippen molar-refractivity contribution >= 4 is 11.9 Å². The molecule has 1 amide bonds. The van der Waals surface area contributed by atoms with E-state index in [1.54, 1.807) is 0 Å². The van der Waals surface area contributed by atoms with Gasteiger partial charge in [-0.05, 0) is 70.6 Å². The predicted octanol–water partition coefficient (Wildman–Crippen LogP) is 20.8. The minimum Gasteiger partial charge on any atom is -0.465 e. The molecule has 2 unspecified atom stereocenters. The summed E-state index contributed by atoms with van der Waals surface area (Å²) in [5.74, 6) is -0.0813. The molecule has 0 aliphatic carbocycles. The third-order valence-corrected chi connectivity index (χ3v) is 15.2. The van der Waals surface area contributed by atoms with E-state index in [1.807, 2.05) is 0 Å². The largest absolute Gasteiger partial charge is 0.465 e. The van der Waals surface area contributed by atoms with Crippen LogP contribution in [0.3, 0.4) is 0 Å². The second-order valence-electron chi connectivity index (χ2n) is 22.4. The number of allylic oxidation sites excluding steroid dienone is 5. The number of carbonyl (C=O) groups is 2. The van der Waals surface area contributed by atoms with E-state index in [-0.39, 0.29) is 18.5 Å². The quantitative estimate of drug-likeness (QED) is 0.0320. The molecule has 0 bridgehead atoms. The fraction of sp³-hybridized carbons (Fsp3) is 0.881. The molecule has 6 heteroatoms. The fourth-order valence-electron chi connectivity index (χ4n) is 10.2. The summed E-state index contributed by atoms with van der Waals surface area (Å²) in [5, 5.41) is 23.4. The summed E-state index contributed by atoms with van der Waals surface area (Å²) in [5.41, 5.74) is 0. The molecule has 0 aromatic heterocycles. The first-order valence-electron chi connectivity index (χ1n) is 32.7. The van der Waals surface area contributed by atoms with Gasteiger partial charge >= 0.3 is 5.97 Å². The van der Waals surface area contributed by atoms with Crippen LogP contribution >= 0.6 is 0 Å². The maximum Gasteiger partial charge on any atom is 0.305 e. The summed E-state index contributed by atoms with van der Waals surface area (Å²) in [6.45, 7) is 4.84. The molecular weight excluding hydrogens is 899 g/mol. The van der Waals surface area contributed by atoms with E-state index in [1.165, 1.54) is 270 Å². The number of amides is 1. The van der Waals surface area contributed by atoms with Gasteiger partial charge < -0.3 is 20.3 Å². The molecule has 0 saturated carbocycles. The van der Waals surface area contributed by atoms with Gasteiger partial charge in [0.1, 0.15) is 0 Å². The standard InChI is InChI=1S/C67H127NO5/c1-3-5-7-9-11-13-15-17-18-19-20-21-22-24-27-30-33-36-39-43-47-51-55-59-65(70)64(63-69)68-66(71)60-56-52-48-44-40-37-34-31-28-25-23-26-29-32-35-38-42-46-50-54-58-62-73-67(72)61-57-53-49-45-41-16-14-12-10-8-6-4-2/h12,14,38,42,50,54,64-65,69-70H,3-11,13,15-37,39-41,43-49,51-53,55-63H2,1-2H3,(H,68,71)/b14-12-,42-38-,54-50-. The summed E-state index contributed by atoms with van der Waals surface area (Å²) >= 11 is 0. The number of aliphatic hydroxyl groups is 2. The lowest BCUT2D eigenvalue weighted by Crippen LogP contribution is -2.45. The van der Waals surface area contributed by atoms with Gasteiger partial charge in [0.15, 0.2) is 0 Å². The van der Waals surface area contributed by atoms with Crippen molar-refractivity contribution in [3.05, 3.63) is 36.5 Å². The Labute approximate surface area is 455 Å². The molecule has 73 heavy (non-hydrogen) atoms. The number of hydrogen-bond acceptors (Lipinski definition) is 5. The zero-order valence-electron chi connectivity index (χ0n) is 49.1. The summed E-state index contributed by atoms with van der Waals surface area (Å²) in [6, 6.07) is -0.547. The number of ether oxygens (including phenoxy) is 1. The molecule has 0 fully saturated rings. The summed E-state index contributed by atoms with van der Waals surface area (Å²) in [7, 11) is 0. The van der Waals surface area contributed by atoms with E-state index in [2.05, 4.69) is 55.6 Å². The Morgan fingerprint density at radius 2 is 0.685 bits per heavy atom. The van der Waals surface area contributed by atoms with E-state index >= 15 is 0 Å². The van der Waals surface area contributed by atoms with Crippen LogP contribution in [-0.4, -0.2) is 47.4 Å². The minimum atomic E-state index is -0.670. The smallest absolute Gasteiger partial charge is 0.305 e. The van der Waals surface area contributed by atoms with E-state index in [9.17, 15) is 19.8 Å². The monoisotopic (exact) mass is 1030 g/mol. The van der Waals surface area contributed by atoms with Crippen LogP contribution in [0.25, 0.3) is 0 Å². The van der Waals surface area contributed by atoms with Crippen molar-refractivity contribution < 1.29 is 24.5 Å². The molecular formula is C67H127NO5. The molecule has 3 N–H and O–H groups in total. The number of nitrogens with one attached hydrogen (secondary N) is 1. The van der Waals surface area contributed by atoms with Gasteiger partial charge in [-0.25, -0.2) is 0 Å². The van der Waals surface area contributed by atoms with Crippen LogP contribution < -0.4 is 5.32 Å². The van der Waals surface area contributed by atoms with E-state index < -0.39 is 12.1 Å². The van der Waals surface area contributed by atoms with Gasteiger partial charge in [0.25, 0.3) is 0 Å². The lowest BCUT2D eigenvalue weighted by Gasteiger charge is -2.22. The topological polar surface area (TPSA) is 95.9 Å². The van der Waals surface area contributed by atoms with Crippen LogP contribution in [0.2, 0.25) is 0 Å². The van der Waals surface area contributed by atoms with Crippen molar-refractivity contribution in [1.82, 2.24) is 5.32 Å². The second-order valence-corrected chi connectivity index (χ2v) is 22.4. The molecule has 6 nitrogen and oxygen atoms in total. The summed E-state index contributed by atoms with van der Waals surface area (Å²) < 4.78 is 5.40. The van der Waals surface area contributed by atoms with Crippen LogP contribution in [0.1, 0.15) is 354 Å². The molecule has 0 aliphatic rings. The number of carbonyl (C=O) groups excluding carboxylic acids is 2. The van der Waals surface area contributed by atoms with Crippen molar-refractivity contribution in [3.8, 4) is 0 Å². The predicted molar refractivity (Wildman–Crippen MR) is 319 cm³/mol. The maximum atomic E-state index is 12.5. The molecule has 0 aromatic carbocycles. The highest BCUT2D eigenvalue weighted by molar-refractivity contribution is 5.76. The molecule has 0 heterocycles. The van der Waals surface area contributed by atoms with Crippen LogP contribution in [-0.2, 0) is 14.3 Å². The maximum absolute atomic E-state index is 12.5. The SMILES string of the molecule is CCCCC/C=C\CCCCCCCC(=O)OCC/C=C\C/C=C\CCCCCCCCCCCCCCCCC(=O)NC(CO)C(O)CCCCCCCCCCCCCCCCCCCCCCCCC. The highest BCUT2D eigenvalue weighted by Crippen LogP contribution is 2.18. The average molecular weight is 1030 g/mol. The van der Waals surface area contributed by atoms with Gasteiger partial charge in [0.2, 0.25) is 5.91 Å². The van der Waals surface area contributed by atoms with E-state index in [0.29, 0.717) is 25.9 Å². The van der Waals surface area contributed by atoms with Crippen LogP contribution in [0.4, 0.5) is 0 Å². The van der Waals surface area contributed by atoms with Gasteiger partial charge in [0.05, 0.1) is 25.4 Å². The molecule has 0 spiro atoms. The number of esters is 1. The first-order chi connectivity index (χ1) is 36.0. The van der Waals surface area contributed by atoms with Crippen molar-refractivity contribution in [2.24, 2.45) is 0 Å². The fourth-order valence-corrected chi connectivity index (χ4v) is 10.2. The third-order valence-electron chi connectivity index (χ3n) is 15.2. The summed E-state index contributed by atoms with van der Waals surface area (Å²) in [4.78, 5) is 24.5. The Morgan fingerprint density at radius 1 is 0.384 bits per heavy atom. The first kappa shape index (κ1) is 71.1. The summed E-state index contributed by atoms with van der Waals surface area (Å²) in [6.07, 6.45) is 79.0. The number of unbranched alkanes of at least 4 members (excludes halogenated alkanes) is 44. The zero-order chi connectivity index (χ0) is 52.9. The molecule has 0 saturated heterocycles. The Kier molecular flexibility index (Phi) is 61.0. The van der Waals surface area contributed by atoms with Crippen molar-refractivity contribution in [1.29, 1.82) is 0 Å².